The number of aromatic nitrogens is 1. The van der Waals surface area contributed by atoms with Crippen molar-refractivity contribution in [2.75, 3.05) is 0 Å². The van der Waals surface area contributed by atoms with Crippen LogP contribution in [-0.4, -0.2) is 4.98 Å². The molecule has 0 saturated heterocycles. The van der Waals surface area contributed by atoms with Crippen LogP contribution >= 0.6 is 54.8 Å². The van der Waals surface area contributed by atoms with E-state index in [0.717, 1.165) is 13.1 Å². The summed E-state index contributed by atoms with van der Waals surface area (Å²) < 4.78 is 2.14. The Balaban J connectivity index is 2.23. The first kappa shape index (κ1) is 13.5. The van der Waals surface area contributed by atoms with E-state index in [2.05, 4.69) is 49.8 Å². The van der Waals surface area contributed by atoms with E-state index in [0.29, 0.717) is 0 Å². The Bertz CT molecular complexity index is 481. The lowest BCUT2D eigenvalue weighted by Crippen LogP contribution is -2.00. The summed E-state index contributed by atoms with van der Waals surface area (Å²) in [7, 11) is 0. The number of rotatable bonds is 3. The molecule has 0 aromatic carbocycles. The van der Waals surface area contributed by atoms with Crippen LogP contribution in [0.3, 0.4) is 0 Å². The molecule has 5 heteroatoms. The highest BCUT2D eigenvalue weighted by molar-refractivity contribution is 9.13. The van der Waals surface area contributed by atoms with E-state index in [1.807, 2.05) is 12.1 Å². The highest BCUT2D eigenvalue weighted by Crippen LogP contribution is 2.43. The first-order valence-electron chi connectivity index (χ1n) is 5.08. The quantitative estimate of drug-likeness (QED) is 0.603. The molecule has 2 heterocycles. The molecule has 17 heavy (non-hydrogen) atoms. The molecule has 0 amide bonds. The summed E-state index contributed by atoms with van der Waals surface area (Å²) in [5.74, 6) is 0.261. The van der Waals surface area contributed by atoms with Gasteiger partial charge in [0, 0.05) is 27.7 Å². The molecule has 2 atom stereocenters. The van der Waals surface area contributed by atoms with Gasteiger partial charge in [0.05, 0.1) is 9.16 Å². The minimum absolute atomic E-state index is 0.0231. The smallest absolute Gasteiger partial charge is 0.0843 e. The second kappa shape index (κ2) is 5.83. The topological polar surface area (TPSA) is 12.9 Å². The normalized spacial score (nSPS) is 14.6. The van der Waals surface area contributed by atoms with Crippen molar-refractivity contribution in [3.05, 3.63) is 49.3 Å². The maximum absolute atomic E-state index is 6.52. The van der Waals surface area contributed by atoms with Gasteiger partial charge in [0.15, 0.2) is 0 Å². The lowest BCUT2D eigenvalue weighted by Gasteiger charge is -2.16. The van der Waals surface area contributed by atoms with Crippen molar-refractivity contribution >= 4 is 54.8 Å². The number of thiophene rings is 1. The van der Waals surface area contributed by atoms with Crippen molar-refractivity contribution in [2.24, 2.45) is 0 Å². The van der Waals surface area contributed by atoms with E-state index < -0.39 is 0 Å². The highest BCUT2D eigenvalue weighted by Gasteiger charge is 2.21. The molecule has 0 saturated carbocycles. The first-order valence-corrected chi connectivity index (χ1v) is 7.92. The van der Waals surface area contributed by atoms with E-state index in [1.165, 1.54) is 5.56 Å². The van der Waals surface area contributed by atoms with Crippen molar-refractivity contribution in [1.29, 1.82) is 0 Å². The van der Waals surface area contributed by atoms with Crippen LogP contribution in [0, 0.1) is 0 Å². The fourth-order valence-electron chi connectivity index (χ4n) is 1.58. The molecule has 0 aliphatic carbocycles. The third-order valence-electron chi connectivity index (χ3n) is 2.61. The van der Waals surface area contributed by atoms with Crippen LogP contribution in [0.5, 0.6) is 0 Å². The molecule has 0 spiro atoms. The molecule has 90 valence electrons. The molecule has 0 N–H and O–H groups in total. The molecule has 1 nitrogen and oxygen atoms in total. The zero-order valence-electron chi connectivity index (χ0n) is 9.03. The maximum Gasteiger partial charge on any atom is 0.0843 e. The van der Waals surface area contributed by atoms with Gasteiger partial charge in [0.2, 0.25) is 0 Å². The van der Waals surface area contributed by atoms with Gasteiger partial charge in [0.25, 0.3) is 0 Å². The molecule has 2 rings (SSSR count). The summed E-state index contributed by atoms with van der Waals surface area (Å²) in [5.41, 5.74) is 1.21. The molecule has 2 aromatic rings. The fourth-order valence-corrected chi connectivity index (χ4v) is 4.10. The van der Waals surface area contributed by atoms with Crippen LogP contribution in [0.4, 0.5) is 0 Å². The molecular formula is C12H10Br2ClNS. The van der Waals surface area contributed by atoms with Crippen LogP contribution in [0.25, 0.3) is 0 Å². The maximum atomic E-state index is 6.52. The summed E-state index contributed by atoms with van der Waals surface area (Å²) in [4.78, 5) is 5.18. The van der Waals surface area contributed by atoms with E-state index in [1.54, 1.807) is 23.7 Å². The van der Waals surface area contributed by atoms with E-state index in [9.17, 15) is 0 Å². The van der Waals surface area contributed by atoms with Crippen LogP contribution in [0.1, 0.15) is 28.7 Å². The summed E-state index contributed by atoms with van der Waals surface area (Å²) in [6.07, 6.45) is 3.60. The fraction of sp³-hybridized carbons (Fsp3) is 0.250. The Morgan fingerprint density at radius 2 is 1.94 bits per heavy atom. The van der Waals surface area contributed by atoms with E-state index >= 15 is 0 Å². The first-order chi connectivity index (χ1) is 8.09. The van der Waals surface area contributed by atoms with Gasteiger partial charge in [0.1, 0.15) is 0 Å². The predicted octanol–water partition coefficient (Wildman–Crippen LogP) is 5.75. The zero-order valence-corrected chi connectivity index (χ0v) is 13.8. The van der Waals surface area contributed by atoms with Crippen molar-refractivity contribution < 1.29 is 0 Å². The third-order valence-corrected chi connectivity index (χ3v) is 6.69. The van der Waals surface area contributed by atoms with Crippen LogP contribution in [0.2, 0.25) is 0 Å². The second-order valence-electron chi connectivity index (χ2n) is 3.74. The van der Waals surface area contributed by atoms with Crippen LogP contribution < -0.4 is 0 Å². The standard InChI is InChI=1S/C12H10Br2ClNS/c1-7(8-2-4-16-5-3-8)11(15)10-6-9(13)12(14)17-10/h2-7,11H,1H3. The summed E-state index contributed by atoms with van der Waals surface area (Å²) >= 11 is 15.2. The second-order valence-corrected chi connectivity index (χ2v) is 7.47. The Kier molecular flexibility index (Phi) is 4.64. The molecular weight excluding hydrogens is 385 g/mol. The summed E-state index contributed by atoms with van der Waals surface area (Å²) in [5, 5.41) is -0.0231. The van der Waals surface area contributed by atoms with Gasteiger partial charge < -0.3 is 0 Å². The van der Waals surface area contributed by atoms with Gasteiger partial charge in [-0.05, 0) is 55.6 Å². The van der Waals surface area contributed by atoms with Gasteiger partial charge in [-0.2, -0.15) is 0 Å². The summed E-state index contributed by atoms with van der Waals surface area (Å²) in [6, 6.07) is 6.10. The van der Waals surface area contributed by atoms with Crippen molar-refractivity contribution in [2.45, 2.75) is 18.2 Å². The molecule has 2 aromatic heterocycles. The average Bonchev–Trinajstić information content (AvgIpc) is 2.69. The van der Waals surface area contributed by atoms with E-state index in [4.69, 9.17) is 11.6 Å². The van der Waals surface area contributed by atoms with Crippen molar-refractivity contribution in [1.82, 2.24) is 4.98 Å². The van der Waals surface area contributed by atoms with Gasteiger partial charge in [-0.3, -0.25) is 4.98 Å². The third kappa shape index (κ3) is 3.11. The number of nitrogens with zero attached hydrogens (tertiary/aromatic N) is 1. The minimum Gasteiger partial charge on any atom is -0.265 e. The molecule has 0 radical (unpaired) electrons. The van der Waals surface area contributed by atoms with Crippen LogP contribution in [-0.2, 0) is 0 Å². The van der Waals surface area contributed by atoms with Gasteiger partial charge >= 0.3 is 0 Å². The SMILES string of the molecule is CC(c1ccncc1)C(Cl)c1cc(Br)c(Br)s1. The molecule has 2 unspecified atom stereocenters. The lowest BCUT2D eigenvalue weighted by molar-refractivity contribution is 0.740. The Labute approximate surface area is 126 Å². The number of halogens is 3. The minimum atomic E-state index is -0.0231. The number of hydrogen-bond acceptors (Lipinski definition) is 2. The summed E-state index contributed by atoms with van der Waals surface area (Å²) in [6.45, 7) is 2.13. The van der Waals surface area contributed by atoms with Gasteiger partial charge in [-0.1, -0.05) is 6.92 Å². The zero-order chi connectivity index (χ0) is 12.4. The molecule has 0 bridgehead atoms. The average molecular weight is 396 g/mol. The van der Waals surface area contributed by atoms with E-state index in [-0.39, 0.29) is 11.3 Å². The highest BCUT2D eigenvalue weighted by atomic mass is 79.9. The molecule has 0 aliphatic rings. The molecule has 0 aliphatic heterocycles. The molecule has 0 fully saturated rings. The predicted molar refractivity (Wildman–Crippen MR) is 81.0 cm³/mol. The Morgan fingerprint density at radius 1 is 1.29 bits per heavy atom. The number of pyridine rings is 1. The Hall–Kier alpha value is 0.1000. The number of hydrogen-bond donors (Lipinski definition) is 0. The number of alkyl halides is 1. The van der Waals surface area contributed by atoms with Gasteiger partial charge in [-0.15, -0.1) is 22.9 Å². The van der Waals surface area contributed by atoms with Crippen molar-refractivity contribution in [3.63, 3.8) is 0 Å². The Morgan fingerprint density at radius 3 is 2.47 bits per heavy atom. The van der Waals surface area contributed by atoms with Crippen molar-refractivity contribution in [3.8, 4) is 0 Å². The largest absolute Gasteiger partial charge is 0.265 e. The van der Waals surface area contributed by atoms with Gasteiger partial charge in [-0.25, -0.2) is 0 Å². The monoisotopic (exact) mass is 393 g/mol. The van der Waals surface area contributed by atoms with Crippen LogP contribution in [0.15, 0.2) is 38.9 Å². The lowest BCUT2D eigenvalue weighted by atomic mass is 9.98.